The van der Waals surface area contributed by atoms with Crippen LogP contribution in [0, 0.1) is 0 Å². The molecule has 7 nitrogen and oxygen atoms in total. The molecular weight excluding hydrogens is 352 g/mol. The van der Waals surface area contributed by atoms with E-state index in [4.69, 9.17) is 9.47 Å². The smallest absolute Gasteiger partial charge is 0.212 e. The summed E-state index contributed by atoms with van der Waals surface area (Å²) >= 11 is 0. The highest BCUT2D eigenvalue weighted by atomic mass is 16.7. The second kappa shape index (κ2) is 4.89. The molecule has 3 N–H and O–H groups in total. The van der Waals surface area contributed by atoms with Crippen molar-refractivity contribution >= 4 is 11.6 Å². The number of aromatic hydroxyl groups is 3. The topological polar surface area (TPSA) is 113 Å². The second-order valence-corrected chi connectivity index (χ2v) is 7.01. The van der Waals surface area contributed by atoms with Gasteiger partial charge in [0.05, 0.1) is 16.7 Å². The van der Waals surface area contributed by atoms with E-state index in [2.05, 4.69) is 0 Å². The lowest BCUT2D eigenvalue weighted by Gasteiger charge is -2.42. The maximum absolute atomic E-state index is 13.0. The average molecular weight is 366 g/mol. The predicted molar refractivity (Wildman–Crippen MR) is 91.4 cm³/mol. The zero-order valence-electron chi connectivity index (χ0n) is 14.1. The van der Waals surface area contributed by atoms with E-state index in [0.717, 1.165) is 12.1 Å². The molecule has 2 bridgehead atoms. The Morgan fingerprint density at radius 2 is 1.78 bits per heavy atom. The Morgan fingerprint density at radius 3 is 2.56 bits per heavy atom. The van der Waals surface area contributed by atoms with Gasteiger partial charge in [0.2, 0.25) is 11.6 Å². The maximum Gasteiger partial charge on any atom is 0.212 e. The molecular formula is C20H14O7. The highest BCUT2D eigenvalue weighted by Gasteiger charge is 2.44. The van der Waals surface area contributed by atoms with Crippen LogP contribution in [0.15, 0.2) is 30.4 Å². The van der Waals surface area contributed by atoms with E-state index in [1.54, 1.807) is 13.0 Å². The molecule has 7 heteroatoms. The van der Waals surface area contributed by atoms with Crippen molar-refractivity contribution < 1.29 is 34.4 Å². The number of benzene rings is 2. The number of carbonyl (C=O) groups excluding carboxylic acids is 2. The van der Waals surface area contributed by atoms with Crippen molar-refractivity contribution in [3.05, 3.63) is 58.2 Å². The molecule has 2 atom stereocenters. The van der Waals surface area contributed by atoms with Crippen molar-refractivity contribution in [2.24, 2.45) is 0 Å². The van der Waals surface area contributed by atoms with Gasteiger partial charge in [0.1, 0.15) is 29.1 Å². The lowest BCUT2D eigenvalue weighted by Crippen LogP contribution is -2.42. The number of phenols is 3. The zero-order valence-corrected chi connectivity index (χ0v) is 14.1. The quantitative estimate of drug-likeness (QED) is 0.524. The van der Waals surface area contributed by atoms with Gasteiger partial charge in [0, 0.05) is 30.5 Å². The van der Waals surface area contributed by atoms with Crippen LogP contribution < -0.4 is 4.74 Å². The molecule has 0 saturated heterocycles. The SMILES string of the molecule is C[C@]12CC=C[C@H](O1)c1c(cc3c(c1O)C(=O)c1c(O)cc(O)cc1C3=O)O2. The van der Waals surface area contributed by atoms with E-state index in [1.807, 2.05) is 6.08 Å². The molecule has 1 aliphatic carbocycles. The van der Waals surface area contributed by atoms with Gasteiger partial charge in [-0.2, -0.15) is 0 Å². The highest BCUT2D eigenvalue weighted by Crippen LogP contribution is 2.51. The third-order valence-corrected chi connectivity index (χ3v) is 5.13. The molecule has 3 aliphatic rings. The largest absolute Gasteiger partial charge is 0.508 e. The van der Waals surface area contributed by atoms with Gasteiger partial charge in [-0.1, -0.05) is 12.2 Å². The Labute approximate surface area is 153 Å². The van der Waals surface area contributed by atoms with Gasteiger partial charge in [0.15, 0.2) is 5.78 Å². The third-order valence-electron chi connectivity index (χ3n) is 5.13. The summed E-state index contributed by atoms with van der Waals surface area (Å²) in [5.74, 6) is -3.22. The first kappa shape index (κ1) is 15.9. The van der Waals surface area contributed by atoms with E-state index in [0.29, 0.717) is 6.42 Å². The Balaban J connectivity index is 1.80. The van der Waals surface area contributed by atoms with Gasteiger partial charge < -0.3 is 24.8 Å². The summed E-state index contributed by atoms with van der Waals surface area (Å²) in [6.07, 6.45) is 3.51. The van der Waals surface area contributed by atoms with E-state index >= 15 is 0 Å². The van der Waals surface area contributed by atoms with Gasteiger partial charge in [0.25, 0.3) is 0 Å². The van der Waals surface area contributed by atoms with Crippen LogP contribution in [-0.2, 0) is 4.74 Å². The van der Waals surface area contributed by atoms with Crippen molar-refractivity contribution in [3.63, 3.8) is 0 Å². The van der Waals surface area contributed by atoms with E-state index in [-0.39, 0.29) is 39.3 Å². The van der Waals surface area contributed by atoms with Crippen LogP contribution in [0.5, 0.6) is 23.0 Å². The van der Waals surface area contributed by atoms with Crippen molar-refractivity contribution in [2.45, 2.75) is 25.2 Å². The van der Waals surface area contributed by atoms with Crippen LogP contribution in [0.4, 0.5) is 0 Å². The normalized spacial score (nSPS) is 24.7. The molecule has 0 spiro atoms. The third kappa shape index (κ3) is 2.00. The van der Waals surface area contributed by atoms with Crippen LogP contribution in [0.3, 0.4) is 0 Å². The number of ether oxygens (including phenoxy) is 2. The summed E-state index contributed by atoms with van der Waals surface area (Å²) in [7, 11) is 0. The Kier molecular flexibility index (Phi) is 2.88. The van der Waals surface area contributed by atoms with Crippen molar-refractivity contribution in [2.75, 3.05) is 0 Å². The van der Waals surface area contributed by atoms with Crippen molar-refractivity contribution in [3.8, 4) is 23.0 Å². The minimum absolute atomic E-state index is 0.0405. The monoisotopic (exact) mass is 366 g/mol. The Bertz CT molecular complexity index is 1100. The zero-order chi connectivity index (χ0) is 19.1. The van der Waals surface area contributed by atoms with Crippen LogP contribution in [-0.4, -0.2) is 32.7 Å². The first-order chi connectivity index (χ1) is 12.8. The van der Waals surface area contributed by atoms with Gasteiger partial charge in [-0.15, -0.1) is 0 Å². The first-order valence-corrected chi connectivity index (χ1v) is 8.38. The van der Waals surface area contributed by atoms with E-state index in [1.165, 1.54) is 6.07 Å². The molecule has 136 valence electrons. The summed E-state index contributed by atoms with van der Waals surface area (Å²) in [5, 5.41) is 30.6. The van der Waals surface area contributed by atoms with Gasteiger partial charge in [-0.3, -0.25) is 9.59 Å². The summed E-state index contributed by atoms with van der Waals surface area (Å²) in [6, 6.07) is 3.52. The number of hydrogen-bond acceptors (Lipinski definition) is 7. The fourth-order valence-electron chi connectivity index (χ4n) is 3.94. The number of hydrogen-bond donors (Lipinski definition) is 3. The first-order valence-electron chi connectivity index (χ1n) is 8.38. The molecule has 0 radical (unpaired) electrons. The molecule has 0 amide bonds. The fourth-order valence-corrected chi connectivity index (χ4v) is 3.94. The standard InChI is InChI=1S/C20H14O7/c1-20-4-2-3-12(26-20)16-13(27-20)7-10-15(19(16)25)18(24)14-9(17(10)23)5-8(21)6-11(14)22/h2-3,5-7,12,21-22,25H,4H2,1H3/t12-,20-/m0/s1. The second-order valence-electron chi connectivity index (χ2n) is 7.01. The molecule has 27 heavy (non-hydrogen) atoms. The molecule has 0 unspecified atom stereocenters. The molecule has 0 fully saturated rings. The summed E-state index contributed by atoms with van der Waals surface area (Å²) in [4.78, 5) is 25.9. The molecule has 2 aromatic rings. The van der Waals surface area contributed by atoms with Crippen molar-refractivity contribution in [1.29, 1.82) is 0 Å². The lowest BCUT2D eigenvalue weighted by atomic mass is 9.80. The van der Waals surface area contributed by atoms with Crippen LogP contribution >= 0.6 is 0 Å². The minimum Gasteiger partial charge on any atom is -0.508 e. The minimum atomic E-state index is -0.927. The van der Waals surface area contributed by atoms with Crippen LogP contribution in [0.2, 0.25) is 0 Å². The summed E-state index contributed by atoms with van der Waals surface area (Å²) < 4.78 is 11.7. The number of ketones is 2. The Hall–Kier alpha value is -3.32. The van der Waals surface area contributed by atoms with Gasteiger partial charge >= 0.3 is 0 Å². The average Bonchev–Trinajstić information content (AvgIpc) is 2.57. The molecule has 5 rings (SSSR count). The number of phenolic OH excluding ortho intramolecular Hbond substituents is 3. The van der Waals surface area contributed by atoms with E-state index < -0.39 is 35.0 Å². The number of carbonyl (C=O) groups is 2. The number of fused-ring (bicyclic) bond motifs is 6. The predicted octanol–water partition coefficient (Wildman–Crippen LogP) is 2.71. The molecule has 2 aliphatic heterocycles. The van der Waals surface area contributed by atoms with Crippen LogP contribution in [0.25, 0.3) is 0 Å². The summed E-state index contributed by atoms with van der Waals surface area (Å²) in [5.41, 5.74) is -0.349. The van der Waals surface area contributed by atoms with Gasteiger partial charge in [-0.25, -0.2) is 0 Å². The van der Waals surface area contributed by atoms with Crippen molar-refractivity contribution in [1.82, 2.24) is 0 Å². The van der Waals surface area contributed by atoms with Crippen LogP contribution in [0.1, 0.15) is 56.9 Å². The molecule has 0 aromatic heterocycles. The highest BCUT2D eigenvalue weighted by molar-refractivity contribution is 6.30. The molecule has 2 heterocycles. The van der Waals surface area contributed by atoms with E-state index in [9.17, 15) is 24.9 Å². The molecule has 2 aromatic carbocycles. The molecule has 0 saturated carbocycles. The van der Waals surface area contributed by atoms with Gasteiger partial charge in [-0.05, 0) is 12.1 Å². The summed E-state index contributed by atoms with van der Waals surface area (Å²) in [6.45, 7) is 1.75. The maximum atomic E-state index is 13.0. The fraction of sp³-hybridized carbons (Fsp3) is 0.200. The lowest BCUT2D eigenvalue weighted by molar-refractivity contribution is -0.211. The number of rotatable bonds is 0. The Morgan fingerprint density at radius 1 is 1.04 bits per heavy atom.